The van der Waals surface area contributed by atoms with Gasteiger partial charge < -0.3 is 9.30 Å². The lowest BCUT2D eigenvalue weighted by Crippen LogP contribution is -2.23. The number of ether oxygens (including phenoxy) is 1. The highest BCUT2D eigenvalue weighted by molar-refractivity contribution is 7.14. The molecule has 0 N–H and O–H groups in total. The predicted octanol–water partition coefficient (Wildman–Crippen LogP) is 5.73. The van der Waals surface area contributed by atoms with Gasteiger partial charge in [0.15, 0.2) is 5.13 Å². The minimum Gasteiger partial charge on any atom is -0.455 e. The van der Waals surface area contributed by atoms with Crippen LogP contribution in [0.5, 0.6) is 0 Å². The number of esters is 1. The second-order valence-corrected chi connectivity index (χ2v) is 8.30. The fourth-order valence-corrected chi connectivity index (χ4v) is 4.53. The Bertz CT molecular complexity index is 1310. The van der Waals surface area contributed by atoms with Gasteiger partial charge >= 0.3 is 5.97 Å². The maximum atomic E-state index is 14.2. The zero-order valence-corrected chi connectivity index (χ0v) is 19.2. The smallest absolute Gasteiger partial charge is 0.340 e. The average Bonchev–Trinajstić information content (AvgIpc) is 3.38. The Morgan fingerprint density at radius 3 is 2.48 bits per heavy atom. The monoisotopic (exact) mass is 463 g/mol. The van der Waals surface area contributed by atoms with Crippen LogP contribution in [0.4, 0.5) is 15.2 Å². The molecule has 0 aliphatic rings. The number of benzene rings is 2. The summed E-state index contributed by atoms with van der Waals surface area (Å²) in [5, 5.41) is 1.99. The Balaban J connectivity index is 1.51. The molecule has 8 heteroatoms. The molecule has 2 aromatic heterocycles. The van der Waals surface area contributed by atoms with Crippen LogP contribution in [0, 0.1) is 19.7 Å². The molecule has 6 nitrogen and oxygen atoms in total. The van der Waals surface area contributed by atoms with Gasteiger partial charge in [-0.25, -0.2) is 14.2 Å². The van der Waals surface area contributed by atoms with Crippen molar-refractivity contribution in [2.75, 3.05) is 4.90 Å². The minimum atomic E-state index is -0.523. The van der Waals surface area contributed by atoms with Crippen LogP contribution in [0.15, 0.2) is 66.0 Å². The highest BCUT2D eigenvalue weighted by Crippen LogP contribution is 2.31. The SMILES string of the molecule is CC(=O)N(c1nc(COC(=O)c2cc(C)n(-c3ccccc3)c2C)cs1)c1ccccc1F. The van der Waals surface area contributed by atoms with E-state index in [1.54, 1.807) is 23.6 Å². The second kappa shape index (κ2) is 9.38. The zero-order valence-electron chi connectivity index (χ0n) is 18.4. The van der Waals surface area contributed by atoms with Crippen LogP contribution in [-0.4, -0.2) is 21.4 Å². The number of aryl methyl sites for hydroxylation is 1. The molecule has 0 unspecified atom stereocenters. The summed E-state index contributed by atoms with van der Waals surface area (Å²) in [5.41, 5.74) is 3.74. The van der Waals surface area contributed by atoms with Crippen molar-refractivity contribution >= 4 is 34.0 Å². The number of hydrogen-bond donors (Lipinski definition) is 0. The summed E-state index contributed by atoms with van der Waals surface area (Å²) >= 11 is 1.18. The van der Waals surface area contributed by atoms with Crippen molar-refractivity contribution in [3.63, 3.8) is 0 Å². The predicted molar refractivity (Wildman–Crippen MR) is 126 cm³/mol. The maximum absolute atomic E-state index is 14.2. The van der Waals surface area contributed by atoms with Crippen molar-refractivity contribution in [2.45, 2.75) is 27.4 Å². The Morgan fingerprint density at radius 2 is 1.79 bits per heavy atom. The van der Waals surface area contributed by atoms with Gasteiger partial charge in [0, 0.05) is 29.4 Å². The lowest BCUT2D eigenvalue weighted by Gasteiger charge is -2.18. The molecule has 168 valence electrons. The zero-order chi connectivity index (χ0) is 23.5. The number of amides is 1. The molecular formula is C25H22FN3O3S. The van der Waals surface area contributed by atoms with E-state index in [2.05, 4.69) is 4.98 Å². The summed E-state index contributed by atoms with van der Waals surface area (Å²) in [6, 6.07) is 17.6. The van der Waals surface area contributed by atoms with E-state index in [1.807, 2.05) is 48.7 Å². The number of aromatic nitrogens is 2. The Kier molecular flexibility index (Phi) is 6.37. The Labute approximate surface area is 194 Å². The molecule has 4 rings (SSSR count). The van der Waals surface area contributed by atoms with Gasteiger partial charge in [-0.15, -0.1) is 11.3 Å². The molecule has 2 heterocycles. The lowest BCUT2D eigenvalue weighted by atomic mass is 10.2. The van der Waals surface area contributed by atoms with Gasteiger partial charge in [0.1, 0.15) is 12.4 Å². The van der Waals surface area contributed by atoms with Crippen LogP contribution in [0.3, 0.4) is 0 Å². The van der Waals surface area contributed by atoms with Crippen LogP contribution < -0.4 is 4.90 Å². The molecule has 0 bridgehead atoms. The first-order valence-electron chi connectivity index (χ1n) is 10.3. The fraction of sp³-hybridized carbons (Fsp3) is 0.160. The second-order valence-electron chi connectivity index (χ2n) is 7.46. The molecule has 0 fully saturated rings. The first kappa shape index (κ1) is 22.4. The molecule has 0 spiro atoms. The number of rotatable bonds is 6. The summed E-state index contributed by atoms with van der Waals surface area (Å²) in [7, 11) is 0. The van der Waals surface area contributed by atoms with Crippen LogP contribution >= 0.6 is 11.3 Å². The summed E-state index contributed by atoms with van der Waals surface area (Å²) in [4.78, 5) is 30.6. The van der Waals surface area contributed by atoms with Gasteiger partial charge in [-0.3, -0.25) is 9.69 Å². The van der Waals surface area contributed by atoms with E-state index in [1.165, 1.54) is 35.3 Å². The van der Waals surface area contributed by atoms with Gasteiger partial charge in [0.05, 0.1) is 16.9 Å². The molecule has 0 saturated heterocycles. The molecule has 0 aliphatic heterocycles. The number of thiazole rings is 1. The number of carbonyl (C=O) groups is 2. The third-order valence-electron chi connectivity index (χ3n) is 5.16. The molecular weight excluding hydrogens is 441 g/mol. The normalized spacial score (nSPS) is 10.8. The van der Waals surface area contributed by atoms with Crippen LogP contribution in [-0.2, 0) is 16.1 Å². The van der Waals surface area contributed by atoms with E-state index < -0.39 is 11.8 Å². The van der Waals surface area contributed by atoms with Crippen molar-refractivity contribution in [3.8, 4) is 5.69 Å². The van der Waals surface area contributed by atoms with E-state index in [0.717, 1.165) is 17.1 Å². The summed E-state index contributed by atoms with van der Waals surface area (Å²) < 4.78 is 21.7. The molecule has 4 aromatic rings. The van der Waals surface area contributed by atoms with Crippen LogP contribution in [0.1, 0.15) is 34.4 Å². The summed E-state index contributed by atoms with van der Waals surface area (Å²) in [6.07, 6.45) is 0. The highest BCUT2D eigenvalue weighted by Gasteiger charge is 2.22. The van der Waals surface area contributed by atoms with E-state index >= 15 is 0 Å². The van der Waals surface area contributed by atoms with Crippen molar-refractivity contribution in [2.24, 2.45) is 0 Å². The van der Waals surface area contributed by atoms with E-state index in [4.69, 9.17) is 4.74 Å². The van der Waals surface area contributed by atoms with Gasteiger partial charge in [-0.2, -0.15) is 0 Å². The number of halogens is 1. The third-order valence-corrected chi connectivity index (χ3v) is 6.03. The number of nitrogens with zero attached hydrogens (tertiary/aromatic N) is 3. The van der Waals surface area contributed by atoms with Crippen molar-refractivity contribution in [1.82, 2.24) is 9.55 Å². The molecule has 0 radical (unpaired) electrons. The largest absolute Gasteiger partial charge is 0.455 e. The number of para-hydroxylation sites is 2. The molecule has 2 aromatic carbocycles. The molecule has 1 amide bonds. The van der Waals surface area contributed by atoms with E-state index in [0.29, 0.717) is 16.4 Å². The molecule has 33 heavy (non-hydrogen) atoms. The van der Waals surface area contributed by atoms with Crippen molar-refractivity contribution in [1.29, 1.82) is 0 Å². The number of carbonyl (C=O) groups excluding carboxylic acids is 2. The van der Waals surface area contributed by atoms with Gasteiger partial charge in [0.25, 0.3) is 0 Å². The Morgan fingerprint density at radius 1 is 1.09 bits per heavy atom. The standard InChI is InChI=1S/C25H22FN3O3S/c1-16-13-21(17(2)28(16)20-9-5-4-6-10-20)24(31)32-14-19-15-33-25(27-19)29(18(3)30)23-12-8-7-11-22(23)26/h4-13,15H,14H2,1-3H3. The third kappa shape index (κ3) is 4.56. The first-order valence-corrected chi connectivity index (χ1v) is 11.2. The lowest BCUT2D eigenvalue weighted by molar-refractivity contribution is -0.115. The quantitative estimate of drug-likeness (QED) is 0.343. The Hall–Kier alpha value is -3.78. The number of anilines is 2. The van der Waals surface area contributed by atoms with Crippen LogP contribution in [0.2, 0.25) is 0 Å². The first-order chi connectivity index (χ1) is 15.9. The fourth-order valence-electron chi connectivity index (χ4n) is 3.67. The summed E-state index contributed by atoms with van der Waals surface area (Å²) in [6.45, 7) is 5.09. The van der Waals surface area contributed by atoms with Crippen molar-refractivity contribution in [3.05, 3.63) is 94.5 Å². The number of hydrogen-bond acceptors (Lipinski definition) is 5. The average molecular weight is 464 g/mol. The molecule has 0 aliphatic carbocycles. The maximum Gasteiger partial charge on any atom is 0.340 e. The van der Waals surface area contributed by atoms with E-state index in [9.17, 15) is 14.0 Å². The van der Waals surface area contributed by atoms with Gasteiger partial charge in [-0.1, -0.05) is 30.3 Å². The molecule has 0 atom stereocenters. The van der Waals surface area contributed by atoms with Crippen LogP contribution in [0.25, 0.3) is 5.69 Å². The van der Waals surface area contributed by atoms with Gasteiger partial charge in [-0.05, 0) is 44.2 Å². The van der Waals surface area contributed by atoms with Gasteiger partial charge in [0.2, 0.25) is 5.91 Å². The van der Waals surface area contributed by atoms with E-state index in [-0.39, 0.29) is 18.2 Å². The topological polar surface area (TPSA) is 64.4 Å². The van der Waals surface area contributed by atoms with Crippen molar-refractivity contribution < 1.29 is 18.7 Å². The summed E-state index contributed by atoms with van der Waals surface area (Å²) in [5.74, 6) is -1.35. The minimum absolute atomic E-state index is 0.0621. The molecule has 0 saturated carbocycles. The highest BCUT2D eigenvalue weighted by atomic mass is 32.1.